The maximum Gasteiger partial charge on any atom is 0.251 e. The summed E-state index contributed by atoms with van der Waals surface area (Å²) in [6, 6.07) is 15.4. The highest BCUT2D eigenvalue weighted by atomic mass is 16.5. The molecule has 2 N–H and O–H groups in total. The second-order valence-corrected chi connectivity index (χ2v) is 7.58. The quantitative estimate of drug-likeness (QED) is 0.696. The summed E-state index contributed by atoms with van der Waals surface area (Å²) in [5.74, 6) is -0.161. The van der Waals surface area contributed by atoms with Crippen molar-refractivity contribution in [2.75, 3.05) is 52.3 Å². The monoisotopic (exact) mass is 410 g/mol. The molecule has 1 fully saturated rings. The molecule has 2 aromatic carbocycles. The third-order valence-corrected chi connectivity index (χ3v) is 5.06. The Kier molecular flexibility index (Phi) is 7.96. The molecule has 30 heavy (non-hydrogen) atoms. The predicted molar refractivity (Wildman–Crippen MR) is 117 cm³/mol. The zero-order valence-electron chi connectivity index (χ0n) is 17.7. The summed E-state index contributed by atoms with van der Waals surface area (Å²) in [4.78, 5) is 28.3. The fourth-order valence-electron chi connectivity index (χ4n) is 3.43. The molecule has 0 spiro atoms. The zero-order valence-corrected chi connectivity index (χ0v) is 17.7. The van der Waals surface area contributed by atoms with Crippen molar-refractivity contribution in [3.8, 4) is 0 Å². The summed E-state index contributed by atoms with van der Waals surface area (Å²) in [6.07, 6.45) is 0. The summed E-state index contributed by atoms with van der Waals surface area (Å²) >= 11 is 0. The highest BCUT2D eigenvalue weighted by molar-refractivity contribution is 5.94. The summed E-state index contributed by atoms with van der Waals surface area (Å²) in [5.41, 5.74) is 3.70. The number of ether oxygens (including phenoxy) is 1. The number of rotatable bonds is 8. The van der Waals surface area contributed by atoms with Gasteiger partial charge in [-0.3, -0.25) is 19.4 Å². The van der Waals surface area contributed by atoms with Crippen LogP contribution in [0.4, 0.5) is 5.69 Å². The average molecular weight is 411 g/mol. The van der Waals surface area contributed by atoms with Gasteiger partial charge in [-0.05, 0) is 42.4 Å². The van der Waals surface area contributed by atoms with Gasteiger partial charge in [0.15, 0.2) is 0 Å². The number of hydrogen-bond donors (Lipinski definition) is 2. The van der Waals surface area contributed by atoms with E-state index in [-0.39, 0.29) is 18.4 Å². The topological polar surface area (TPSA) is 73.9 Å². The lowest BCUT2D eigenvalue weighted by Crippen LogP contribution is -2.35. The van der Waals surface area contributed by atoms with Gasteiger partial charge in [-0.25, -0.2) is 0 Å². The highest BCUT2D eigenvalue weighted by Gasteiger charge is 2.11. The molecule has 0 radical (unpaired) electrons. The molecule has 2 aromatic rings. The first-order valence-electron chi connectivity index (χ1n) is 10.2. The number of benzene rings is 2. The number of carbonyl (C=O) groups excluding carboxylic acids is 2. The van der Waals surface area contributed by atoms with E-state index in [0.717, 1.165) is 44.1 Å². The van der Waals surface area contributed by atoms with E-state index >= 15 is 0 Å². The second-order valence-electron chi connectivity index (χ2n) is 7.58. The fourth-order valence-corrected chi connectivity index (χ4v) is 3.43. The Labute approximate surface area is 178 Å². The van der Waals surface area contributed by atoms with Crippen LogP contribution in [0, 0.1) is 0 Å². The Morgan fingerprint density at radius 2 is 1.63 bits per heavy atom. The van der Waals surface area contributed by atoms with Crippen molar-refractivity contribution in [1.29, 1.82) is 0 Å². The lowest BCUT2D eigenvalue weighted by Gasteiger charge is -2.26. The minimum absolute atomic E-state index is 0.0552. The van der Waals surface area contributed by atoms with Crippen LogP contribution in [0.1, 0.15) is 21.5 Å². The molecule has 2 amide bonds. The number of hydrogen-bond acceptors (Lipinski definition) is 5. The normalized spacial score (nSPS) is 14.5. The minimum Gasteiger partial charge on any atom is -0.379 e. The molecule has 3 rings (SSSR count). The first-order chi connectivity index (χ1) is 14.5. The minimum atomic E-state index is -0.106. The summed E-state index contributed by atoms with van der Waals surface area (Å²) < 4.78 is 5.38. The predicted octanol–water partition coefficient (Wildman–Crippen LogP) is 1.95. The van der Waals surface area contributed by atoms with Gasteiger partial charge >= 0.3 is 0 Å². The van der Waals surface area contributed by atoms with Crippen molar-refractivity contribution in [1.82, 2.24) is 15.1 Å². The maximum atomic E-state index is 12.4. The van der Waals surface area contributed by atoms with Crippen molar-refractivity contribution in [2.24, 2.45) is 0 Å². The Morgan fingerprint density at radius 1 is 1.00 bits per heavy atom. The molecule has 0 saturated carbocycles. The molecule has 7 heteroatoms. The number of nitrogens with zero attached hydrogens (tertiary/aromatic N) is 2. The molecule has 0 atom stereocenters. The first-order valence-corrected chi connectivity index (χ1v) is 10.2. The van der Waals surface area contributed by atoms with E-state index in [9.17, 15) is 9.59 Å². The van der Waals surface area contributed by atoms with Crippen molar-refractivity contribution >= 4 is 17.5 Å². The van der Waals surface area contributed by atoms with Gasteiger partial charge in [0.25, 0.3) is 5.91 Å². The molecule has 0 unspecified atom stereocenters. The van der Waals surface area contributed by atoms with Gasteiger partial charge in [-0.15, -0.1) is 0 Å². The van der Waals surface area contributed by atoms with Crippen LogP contribution in [0.3, 0.4) is 0 Å². The lowest BCUT2D eigenvalue weighted by molar-refractivity contribution is -0.117. The molecular formula is C23H30N4O3. The number of anilines is 1. The largest absolute Gasteiger partial charge is 0.379 e. The zero-order chi connectivity index (χ0) is 21.3. The van der Waals surface area contributed by atoms with Gasteiger partial charge in [-0.2, -0.15) is 0 Å². The molecular weight excluding hydrogens is 380 g/mol. The van der Waals surface area contributed by atoms with Crippen LogP contribution in [0.15, 0.2) is 48.5 Å². The Balaban J connectivity index is 1.44. The van der Waals surface area contributed by atoms with E-state index < -0.39 is 0 Å². The number of morpholine rings is 1. The summed E-state index contributed by atoms with van der Waals surface area (Å²) in [7, 11) is 3.51. The van der Waals surface area contributed by atoms with Crippen LogP contribution >= 0.6 is 0 Å². The Morgan fingerprint density at radius 3 is 2.27 bits per heavy atom. The number of carbonyl (C=O) groups is 2. The first kappa shape index (κ1) is 22.0. The van der Waals surface area contributed by atoms with Gasteiger partial charge in [-0.1, -0.05) is 24.3 Å². The van der Waals surface area contributed by atoms with Crippen molar-refractivity contribution < 1.29 is 14.3 Å². The molecule has 160 valence electrons. The van der Waals surface area contributed by atoms with Gasteiger partial charge in [0.2, 0.25) is 5.91 Å². The van der Waals surface area contributed by atoms with Crippen molar-refractivity contribution in [3.63, 3.8) is 0 Å². The lowest BCUT2D eigenvalue weighted by atomic mass is 10.1. The smallest absolute Gasteiger partial charge is 0.251 e. The highest BCUT2D eigenvalue weighted by Crippen LogP contribution is 2.13. The second kappa shape index (κ2) is 10.9. The number of amides is 2. The standard InChI is InChI=1S/C23H30N4O3/c1-24-23(29)20-7-3-18(4-8-20)15-26(2)17-22(28)25-21-9-5-19(6-10-21)16-27-11-13-30-14-12-27/h3-10H,11-17H2,1-2H3,(H,24,29)(H,25,28). The van der Waals surface area contributed by atoms with Crippen LogP contribution in [-0.2, 0) is 22.6 Å². The summed E-state index contributed by atoms with van der Waals surface area (Å²) in [5, 5.41) is 5.56. The number of nitrogens with one attached hydrogen (secondary N) is 2. The molecule has 0 aromatic heterocycles. The van der Waals surface area contributed by atoms with E-state index in [0.29, 0.717) is 12.1 Å². The van der Waals surface area contributed by atoms with Crippen LogP contribution in [-0.4, -0.2) is 68.6 Å². The molecule has 1 heterocycles. The molecule has 0 aliphatic carbocycles. The van der Waals surface area contributed by atoms with E-state index in [1.807, 2.05) is 36.2 Å². The molecule has 0 bridgehead atoms. The van der Waals surface area contributed by atoms with Gasteiger partial charge in [0.05, 0.1) is 19.8 Å². The van der Waals surface area contributed by atoms with Crippen molar-refractivity contribution in [2.45, 2.75) is 13.1 Å². The van der Waals surface area contributed by atoms with Crippen LogP contribution in [0.5, 0.6) is 0 Å². The molecule has 1 aliphatic heterocycles. The van der Waals surface area contributed by atoms with E-state index in [1.165, 1.54) is 5.56 Å². The molecule has 7 nitrogen and oxygen atoms in total. The van der Waals surface area contributed by atoms with Gasteiger partial charge in [0, 0.05) is 44.5 Å². The van der Waals surface area contributed by atoms with Crippen molar-refractivity contribution in [3.05, 3.63) is 65.2 Å². The van der Waals surface area contributed by atoms with E-state index in [2.05, 4.69) is 27.7 Å². The van der Waals surface area contributed by atoms with Gasteiger partial charge < -0.3 is 15.4 Å². The number of likely N-dealkylation sites (N-methyl/N-ethyl adjacent to an activating group) is 1. The average Bonchev–Trinajstić information content (AvgIpc) is 2.75. The maximum absolute atomic E-state index is 12.4. The summed E-state index contributed by atoms with van der Waals surface area (Å²) in [6.45, 7) is 5.31. The van der Waals surface area contributed by atoms with Gasteiger partial charge in [0.1, 0.15) is 0 Å². The fraction of sp³-hybridized carbons (Fsp3) is 0.391. The Bertz CT molecular complexity index is 831. The molecule has 1 saturated heterocycles. The van der Waals surface area contributed by atoms with Crippen LogP contribution < -0.4 is 10.6 Å². The third-order valence-electron chi connectivity index (χ3n) is 5.06. The van der Waals surface area contributed by atoms with E-state index in [1.54, 1.807) is 19.2 Å². The Hall–Kier alpha value is -2.74. The SMILES string of the molecule is CNC(=O)c1ccc(CN(C)CC(=O)Nc2ccc(CN3CCOCC3)cc2)cc1. The van der Waals surface area contributed by atoms with Crippen LogP contribution in [0.25, 0.3) is 0 Å². The molecule has 1 aliphatic rings. The van der Waals surface area contributed by atoms with E-state index in [4.69, 9.17) is 4.74 Å². The third kappa shape index (κ3) is 6.66. The van der Waals surface area contributed by atoms with Crippen LogP contribution in [0.2, 0.25) is 0 Å².